The van der Waals surface area contributed by atoms with Crippen molar-refractivity contribution in [2.45, 2.75) is 23.7 Å². The van der Waals surface area contributed by atoms with Gasteiger partial charge in [0.05, 0.1) is 22.4 Å². The molecule has 4 heterocycles. The van der Waals surface area contributed by atoms with Gasteiger partial charge in [-0.25, -0.2) is 13.4 Å². The molecule has 0 unspecified atom stereocenters. The zero-order valence-corrected chi connectivity index (χ0v) is 20.0. The van der Waals surface area contributed by atoms with Crippen LogP contribution in [0.15, 0.2) is 46.7 Å². The topological polar surface area (TPSA) is 94.5 Å². The van der Waals surface area contributed by atoms with Gasteiger partial charge in [-0.1, -0.05) is 6.07 Å². The minimum atomic E-state index is -3.62. The van der Waals surface area contributed by atoms with E-state index in [0.717, 1.165) is 52.3 Å². The second-order valence-corrected chi connectivity index (χ2v) is 11.3. The molecule has 33 heavy (non-hydrogen) atoms. The zero-order chi connectivity index (χ0) is 22.4. The van der Waals surface area contributed by atoms with Crippen molar-refractivity contribution < 1.29 is 17.9 Å². The van der Waals surface area contributed by atoms with Crippen LogP contribution in [0.4, 0.5) is 0 Å². The molecule has 170 valence electrons. The smallest absolute Gasteiger partial charge is 0.245 e. The fourth-order valence-corrected chi connectivity index (χ4v) is 7.50. The van der Waals surface area contributed by atoms with E-state index in [1.807, 2.05) is 18.2 Å². The third-order valence-corrected chi connectivity index (χ3v) is 9.51. The van der Waals surface area contributed by atoms with E-state index in [4.69, 9.17) is 14.5 Å². The van der Waals surface area contributed by atoms with Crippen molar-refractivity contribution in [3.05, 3.63) is 46.8 Å². The van der Waals surface area contributed by atoms with E-state index in [1.54, 1.807) is 33.8 Å². The van der Waals surface area contributed by atoms with E-state index in [-0.39, 0.29) is 10.8 Å². The Balaban J connectivity index is 1.18. The largest absolute Gasteiger partial charge is 0.486 e. The highest BCUT2D eigenvalue weighted by Gasteiger charge is 2.32. The molecule has 1 saturated heterocycles. The van der Waals surface area contributed by atoms with Gasteiger partial charge in [-0.2, -0.15) is 13.1 Å². The van der Waals surface area contributed by atoms with Gasteiger partial charge in [0.2, 0.25) is 10.0 Å². The Morgan fingerprint density at radius 1 is 1.00 bits per heavy atom. The van der Waals surface area contributed by atoms with Crippen LogP contribution in [0, 0.1) is 0 Å². The number of hydrogen-bond acceptors (Lipinski definition) is 9. The average molecular weight is 501 g/mol. The third kappa shape index (κ3) is 3.78. The normalized spacial score (nSPS) is 17.5. The Hall–Kier alpha value is -2.60. The number of piperidine rings is 1. The Labute approximate surface area is 199 Å². The summed E-state index contributed by atoms with van der Waals surface area (Å²) >= 11 is 2.66. The highest BCUT2D eigenvalue weighted by atomic mass is 32.2. The van der Waals surface area contributed by atoms with Gasteiger partial charge in [-0.3, -0.25) is 0 Å². The van der Waals surface area contributed by atoms with Crippen molar-refractivity contribution >= 4 is 44.1 Å². The Kier molecular flexibility index (Phi) is 5.28. The number of nitrogens with zero attached hydrogens (tertiary/aromatic N) is 4. The van der Waals surface area contributed by atoms with Crippen molar-refractivity contribution in [1.29, 1.82) is 0 Å². The molecule has 2 aliphatic rings. The molecule has 2 aromatic heterocycles. The number of benzene rings is 2. The first-order valence-electron chi connectivity index (χ1n) is 10.7. The second kappa shape index (κ2) is 8.32. The first-order valence-corrected chi connectivity index (χ1v) is 13.7. The van der Waals surface area contributed by atoms with Crippen molar-refractivity contribution in [3.63, 3.8) is 0 Å². The average Bonchev–Trinajstić information content (AvgIpc) is 3.54. The Bertz CT molecular complexity index is 1420. The van der Waals surface area contributed by atoms with Crippen LogP contribution in [0.2, 0.25) is 0 Å². The summed E-state index contributed by atoms with van der Waals surface area (Å²) in [4.78, 5) is 5.11. The van der Waals surface area contributed by atoms with Crippen LogP contribution in [-0.2, 0) is 10.0 Å². The molecule has 8 nitrogen and oxygen atoms in total. The molecule has 0 saturated carbocycles. The summed E-state index contributed by atoms with van der Waals surface area (Å²) in [7, 11) is -3.62. The number of aromatic nitrogens is 3. The third-order valence-electron chi connectivity index (χ3n) is 6.03. The van der Waals surface area contributed by atoms with Gasteiger partial charge in [0.15, 0.2) is 11.5 Å². The summed E-state index contributed by atoms with van der Waals surface area (Å²) in [6, 6.07) is 11.0. The highest BCUT2D eigenvalue weighted by Crippen LogP contribution is 2.38. The standard InChI is InChI=1S/C22H20N4O4S3/c27-33(28,20-3-1-2-16-21(20)25-32-24-16)26-8-6-14(7-9-26)22-23-17(13-31-22)15-4-5-18-19(12-15)30-11-10-29-18/h1-5,12-14H,6-11H2. The number of ether oxygens (including phenoxy) is 2. The van der Waals surface area contributed by atoms with Gasteiger partial charge in [-0.05, 0) is 43.2 Å². The molecule has 0 atom stereocenters. The molecule has 6 rings (SSSR count). The summed E-state index contributed by atoms with van der Waals surface area (Å²) in [5, 5.41) is 3.10. The molecule has 0 N–H and O–H groups in total. The highest BCUT2D eigenvalue weighted by molar-refractivity contribution is 7.89. The van der Waals surface area contributed by atoms with Crippen LogP contribution >= 0.6 is 23.1 Å². The van der Waals surface area contributed by atoms with E-state index in [2.05, 4.69) is 14.1 Å². The van der Waals surface area contributed by atoms with Gasteiger partial charge in [0, 0.05) is 30.0 Å². The molecule has 0 aliphatic carbocycles. The summed E-state index contributed by atoms with van der Waals surface area (Å²) in [6.45, 7) is 2.03. The fraction of sp³-hybridized carbons (Fsp3) is 0.318. The maximum atomic E-state index is 13.3. The molecule has 11 heteroatoms. The summed E-state index contributed by atoms with van der Waals surface area (Å²) < 4.78 is 47.8. The predicted octanol–water partition coefficient (Wildman–Crippen LogP) is 4.15. The first kappa shape index (κ1) is 21.0. The maximum Gasteiger partial charge on any atom is 0.245 e. The second-order valence-electron chi connectivity index (χ2n) is 8.00. The summed E-state index contributed by atoms with van der Waals surface area (Å²) in [5.41, 5.74) is 2.97. The molecular formula is C22H20N4O4S3. The quantitative estimate of drug-likeness (QED) is 0.415. The van der Waals surface area contributed by atoms with Crippen LogP contribution in [0.5, 0.6) is 11.5 Å². The van der Waals surface area contributed by atoms with Crippen molar-refractivity contribution in [3.8, 4) is 22.8 Å². The fourth-order valence-electron chi connectivity index (χ4n) is 4.28. The molecule has 0 amide bonds. The molecule has 4 aromatic rings. The van der Waals surface area contributed by atoms with E-state index >= 15 is 0 Å². The summed E-state index contributed by atoms with van der Waals surface area (Å²) in [5.74, 6) is 1.75. The summed E-state index contributed by atoms with van der Waals surface area (Å²) in [6.07, 6.45) is 1.47. The molecule has 0 spiro atoms. The molecule has 2 aliphatic heterocycles. The zero-order valence-electron chi connectivity index (χ0n) is 17.5. The maximum absolute atomic E-state index is 13.3. The first-order chi connectivity index (χ1) is 16.1. The van der Waals surface area contributed by atoms with E-state index in [9.17, 15) is 8.42 Å². The van der Waals surface area contributed by atoms with Gasteiger partial charge >= 0.3 is 0 Å². The van der Waals surface area contributed by atoms with E-state index < -0.39 is 10.0 Å². The lowest BCUT2D eigenvalue weighted by Gasteiger charge is -2.30. The van der Waals surface area contributed by atoms with Crippen LogP contribution in [-0.4, -0.2) is 52.8 Å². The van der Waals surface area contributed by atoms with Gasteiger partial charge < -0.3 is 9.47 Å². The number of rotatable bonds is 4. The Morgan fingerprint density at radius 2 is 1.82 bits per heavy atom. The van der Waals surface area contributed by atoms with E-state index in [1.165, 1.54) is 0 Å². The van der Waals surface area contributed by atoms with Gasteiger partial charge in [0.25, 0.3) is 0 Å². The molecule has 1 fully saturated rings. The minimum absolute atomic E-state index is 0.238. The SMILES string of the molecule is O=S(=O)(c1cccc2nsnc12)N1CCC(c2nc(-c3ccc4c(c3)OCCO4)cs2)CC1. The van der Waals surface area contributed by atoms with Crippen molar-refractivity contribution in [2.24, 2.45) is 0 Å². The molecular weight excluding hydrogens is 480 g/mol. The number of sulfonamides is 1. The molecule has 0 radical (unpaired) electrons. The van der Waals surface area contributed by atoms with Gasteiger partial charge in [0.1, 0.15) is 29.1 Å². The van der Waals surface area contributed by atoms with Crippen molar-refractivity contribution in [2.75, 3.05) is 26.3 Å². The molecule has 0 bridgehead atoms. The van der Waals surface area contributed by atoms with Crippen LogP contribution in [0.1, 0.15) is 23.8 Å². The van der Waals surface area contributed by atoms with Crippen LogP contribution < -0.4 is 9.47 Å². The Morgan fingerprint density at radius 3 is 2.67 bits per heavy atom. The lowest BCUT2D eigenvalue weighted by molar-refractivity contribution is 0.171. The lowest BCUT2D eigenvalue weighted by atomic mass is 9.99. The van der Waals surface area contributed by atoms with E-state index in [0.29, 0.717) is 37.3 Å². The number of hydrogen-bond donors (Lipinski definition) is 0. The van der Waals surface area contributed by atoms with Crippen LogP contribution in [0.25, 0.3) is 22.3 Å². The van der Waals surface area contributed by atoms with Gasteiger partial charge in [-0.15, -0.1) is 11.3 Å². The number of fused-ring (bicyclic) bond motifs is 2. The van der Waals surface area contributed by atoms with Crippen molar-refractivity contribution in [1.82, 2.24) is 18.0 Å². The monoisotopic (exact) mass is 500 g/mol. The minimum Gasteiger partial charge on any atom is -0.486 e. The lowest BCUT2D eigenvalue weighted by Crippen LogP contribution is -2.38. The van der Waals surface area contributed by atoms with Crippen LogP contribution in [0.3, 0.4) is 0 Å². The molecule has 2 aromatic carbocycles. The predicted molar refractivity (Wildman–Crippen MR) is 127 cm³/mol. The number of thiazole rings is 1.